The molecule has 0 bridgehead atoms. The number of hydrogen-bond donors (Lipinski definition) is 0. The Labute approximate surface area is 180 Å². The fraction of sp³-hybridized carbons (Fsp3) is 0.160. The lowest BCUT2D eigenvalue weighted by Crippen LogP contribution is -2.29. The second kappa shape index (κ2) is 7.46. The molecule has 0 spiro atoms. The molecule has 0 aliphatic carbocycles. The van der Waals surface area contributed by atoms with Gasteiger partial charge >= 0.3 is 0 Å². The minimum absolute atomic E-state index is 0.159. The number of hydrogen-bond acceptors (Lipinski definition) is 4. The molecular formula is C25H21FO4S. The maximum Gasteiger partial charge on any atom is 0.210 e. The second-order valence-electron chi connectivity index (χ2n) is 8.03. The minimum Gasteiger partial charge on any atom is -0.478 e. The first-order valence-electron chi connectivity index (χ1n) is 9.71. The summed E-state index contributed by atoms with van der Waals surface area (Å²) in [6.07, 6.45) is 1.14. The summed E-state index contributed by atoms with van der Waals surface area (Å²) in [5, 5.41) is 0. The summed E-state index contributed by atoms with van der Waals surface area (Å²) in [7, 11) is -3.33. The van der Waals surface area contributed by atoms with Gasteiger partial charge in [0.1, 0.15) is 11.6 Å². The number of halogens is 1. The largest absolute Gasteiger partial charge is 0.478 e. The highest BCUT2D eigenvalue weighted by atomic mass is 32.2. The molecule has 1 aliphatic rings. The van der Waals surface area contributed by atoms with E-state index in [2.05, 4.69) is 0 Å². The third-order valence-electron chi connectivity index (χ3n) is 5.23. The van der Waals surface area contributed by atoms with Crippen LogP contribution in [-0.4, -0.2) is 26.1 Å². The van der Waals surface area contributed by atoms with Crippen molar-refractivity contribution >= 4 is 27.0 Å². The summed E-state index contributed by atoms with van der Waals surface area (Å²) >= 11 is 0. The van der Waals surface area contributed by atoms with Crippen LogP contribution in [0.4, 0.5) is 4.39 Å². The standard InChI is InChI=1S/C25H21FO4S/c1-25(2)24(27)22(23(30-25)18-11-13-21(14-12-18)31(3,28)29)17-9-7-16(8-10-17)19-5-4-6-20(26)15-19/h4-15H,1-3H3. The lowest BCUT2D eigenvalue weighted by molar-refractivity contribution is -0.125. The van der Waals surface area contributed by atoms with Gasteiger partial charge < -0.3 is 4.74 Å². The molecule has 3 aromatic carbocycles. The fourth-order valence-electron chi connectivity index (χ4n) is 3.57. The lowest BCUT2D eigenvalue weighted by Gasteiger charge is -2.17. The van der Waals surface area contributed by atoms with E-state index in [1.807, 2.05) is 30.3 Å². The summed E-state index contributed by atoms with van der Waals surface area (Å²) in [5.74, 6) is -0.0630. The summed E-state index contributed by atoms with van der Waals surface area (Å²) in [4.78, 5) is 13.3. The Kier molecular flexibility index (Phi) is 5.06. The average Bonchev–Trinajstić information content (AvgIpc) is 2.97. The molecule has 1 aliphatic heterocycles. The topological polar surface area (TPSA) is 60.4 Å². The molecule has 0 atom stereocenters. The maximum absolute atomic E-state index is 13.5. The number of carbonyl (C=O) groups is 1. The van der Waals surface area contributed by atoms with Gasteiger partial charge in [0.15, 0.2) is 15.4 Å². The van der Waals surface area contributed by atoms with Crippen LogP contribution in [-0.2, 0) is 19.4 Å². The molecule has 0 saturated carbocycles. The van der Waals surface area contributed by atoms with Crippen LogP contribution in [0.1, 0.15) is 25.0 Å². The van der Waals surface area contributed by atoms with E-state index in [4.69, 9.17) is 4.74 Å². The number of sulfone groups is 1. The molecule has 31 heavy (non-hydrogen) atoms. The van der Waals surface area contributed by atoms with Crippen LogP contribution >= 0.6 is 0 Å². The van der Waals surface area contributed by atoms with Crippen molar-refractivity contribution in [1.29, 1.82) is 0 Å². The number of carbonyl (C=O) groups excluding carboxylic acids is 1. The van der Waals surface area contributed by atoms with E-state index >= 15 is 0 Å². The molecule has 0 radical (unpaired) electrons. The maximum atomic E-state index is 13.5. The van der Waals surface area contributed by atoms with Crippen molar-refractivity contribution < 1.29 is 22.3 Å². The number of Topliss-reactive ketones (excluding diaryl/α,β-unsaturated/α-hetero) is 1. The Balaban J connectivity index is 1.78. The first-order valence-corrected chi connectivity index (χ1v) is 11.6. The first kappa shape index (κ1) is 21.0. The number of ether oxygens (including phenoxy) is 1. The van der Waals surface area contributed by atoms with Crippen LogP contribution in [0.25, 0.3) is 22.5 Å². The Morgan fingerprint density at radius 1 is 0.806 bits per heavy atom. The third-order valence-corrected chi connectivity index (χ3v) is 6.36. The monoisotopic (exact) mass is 436 g/mol. The first-order chi connectivity index (χ1) is 14.6. The summed E-state index contributed by atoms with van der Waals surface area (Å²) in [6.45, 7) is 3.41. The Bertz CT molecular complexity index is 1300. The van der Waals surface area contributed by atoms with E-state index in [0.717, 1.165) is 17.4 Å². The van der Waals surface area contributed by atoms with E-state index in [1.54, 1.807) is 32.0 Å². The zero-order valence-corrected chi connectivity index (χ0v) is 18.2. The van der Waals surface area contributed by atoms with E-state index in [-0.39, 0.29) is 16.5 Å². The second-order valence-corrected chi connectivity index (χ2v) is 10.0. The van der Waals surface area contributed by atoms with Crippen LogP contribution in [0.5, 0.6) is 0 Å². The zero-order valence-electron chi connectivity index (χ0n) is 17.3. The Morgan fingerprint density at radius 3 is 1.97 bits per heavy atom. The van der Waals surface area contributed by atoms with Gasteiger partial charge in [-0.3, -0.25) is 4.79 Å². The molecule has 3 aromatic rings. The van der Waals surface area contributed by atoms with Crippen molar-refractivity contribution in [2.75, 3.05) is 6.26 Å². The summed E-state index contributed by atoms with van der Waals surface area (Å²) in [6, 6.07) is 19.9. The zero-order chi connectivity index (χ0) is 22.4. The van der Waals surface area contributed by atoms with Crippen LogP contribution in [0, 0.1) is 5.82 Å². The molecule has 0 N–H and O–H groups in total. The predicted octanol–water partition coefficient (Wildman–Crippen LogP) is 5.14. The van der Waals surface area contributed by atoms with Gasteiger partial charge in [-0.15, -0.1) is 0 Å². The predicted molar refractivity (Wildman–Crippen MR) is 118 cm³/mol. The van der Waals surface area contributed by atoms with E-state index in [1.165, 1.54) is 24.3 Å². The van der Waals surface area contributed by atoms with E-state index in [9.17, 15) is 17.6 Å². The lowest BCUT2D eigenvalue weighted by atomic mass is 9.91. The molecule has 0 saturated heterocycles. The number of rotatable bonds is 4. The van der Waals surface area contributed by atoms with Gasteiger partial charge in [-0.25, -0.2) is 12.8 Å². The molecule has 4 nitrogen and oxygen atoms in total. The normalized spacial score (nSPS) is 15.8. The Hall–Kier alpha value is -3.25. The molecule has 0 fully saturated rings. The third kappa shape index (κ3) is 4.03. The fourth-order valence-corrected chi connectivity index (χ4v) is 4.20. The molecule has 0 aromatic heterocycles. The average molecular weight is 437 g/mol. The summed E-state index contributed by atoms with van der Waals surface area (Å²) in [5.41, 5.74) is 2.26. The van der Waals surface area contributed by atoms with Gasteiger partial charge in [0.05, 0.1) is 10.5 Å². The van der Waals surface area contributed by atoms with Crippen LogP contribution in [0.3, 0.4) is 0 Å². The Morgan fingerprint density at radius 2 is 1.39 bits per heavy atom. The highest BCUT2D eigenvalue weighted by Gasteiger charge is 2.42. The minimum atomic E-state index is -3.33. The van der Waals surface area contributed by atoms with Crippen molar-refractivity contribution in [3.8, 4) is 11.1 Å². The SMILES string of the molecule is CC1(C)OC(c2ccc(S(C)(=O)=O)cc2)=C(c2ccc(-c3cccc(F)c3)cc2)C1=O. The van der Waals surface area contributed by atoms with Gasteiger partial charge in [0.25, 0.3) is 0 Å². The summed E-state index contributed by atoms with van der Waals surface area (Å²) < 4.78 is 43.1. The van der Waals surface area contributed by atoms with Crippen molar-refractivity contribution in [1.82, 2.24) is 0 Å². The van der Waals surface area contributed by atoms with Gasteiger partial charge in [-0.05, 0) is 66.9 Å². The highest BCUT2D eigenvalue weighted by molar-refractivity contribution is 7.90. The van der Waals surface area contributed by atoms with Gasteiger partial charge in [-0.2, -0.15) is 0 Å². The van der Waals surface area contributed by atoms with Crippen LogP contribution < -0.4 is 0 Å². The van der Waals surface area contributed by atoms with Gasteiger partial charge in [-0.1, -0.05) is 36.4 Å². The highest BCUT2D eigenvalue weighted by Crippen LogP contribution is 2.41. The molecule has 158 valence electrons. The van der Waals surface area contributed by atoms with Crippen LogP contribution in [0.2, 0.25) is 0 Å². The number of ketones is 1. The van der Waals surface area contributed by atoms with Crippen molar-refractivity contribution in [3.05, 3.63) is 89.7 Å². The van der Waals surface area contributed by atoms with Gasteiger partial charge in [0.2, 0.25) is 5.78 Å². The smallest absolute Gasteiger partial charge is 0.210 e. The van der Waals surface area contributed by atoms with Gasteiger partial charge in [0, 0.05) is 11.8 Å². The quantitative estimate of drug-likeness (QED) is 0.568. The molecule has 1 heterocycles. The molecule has 6 heteroatoms. The van der Waals surface area contributed by atoms with Crippen molar-refractivity contribution in [2.45, 2.75) is 24.3 Å². The molecule has 0 unspecified atom stereocenters. The van der Waals surface area contributed by atoms with E-state index in [0.29, 0.717) is 22.5 Å². The molecule has 4 rings (SSSR count). The van der Waals surface area contributed by atoms with Crippen molar-refractivity contribution in [2.24, 2.45) is 0 Å². The van der Waals surface area contributed by atoms with E-state index < -0.39 is 15.4 Å². The van der Waals surface area contributed by atoms with Crippen molar-refractivity contribution in [3.63, 3.8) is 0 Å². The molecular weight excluding hydrogens is 415 g/mol. The number of benzene rings is 3. The van der Waals surface area contributed by atoms with Crippen LogP contribution in [0.15, 0.2) is 77.7 Å². The molecule has 0 amide bonds.